The Morgan fingerprint density at radius 1 is 1.17 bits per heavy atom. The molecule has 3 rings (SSSR count). The number of aliphatic carboxylic acids is 1. The number of nitrogens with zero attached hydrogens (tertiary/aromatic N) is 3. The van der Waals surface area contributed by atoms with E-state index in [1.54, 1.807) is 42.8 Å². The van der Waals surface area contributed by atoms with E-state index in [4.69, 9.17) is 21.4 Å². The van der Waals surface area contributed by atoms with Gasteiger partial charge in [-0.3, -0.25) is 0 Å². The quantitative estimate of drug-likeness (QED) is 0.607. The lowest BCUT2D eigenvalue weighted by Gasteiger charge is -2.10. The van der Waals surface area contributed by atoms with E-state index >= 15 is 0 Å². The second-order valence-corrected chi connectivity index (χ2v) is 8.80. The van der Waals surface area contributed by atoms with Crippen LogP contribution in [0, 0.1) is 6.92 Å². The Hall–Kier alpha value is -2.91. The second kappa shape index (κ2) is 8.22. The van der Waals surface area contributed by atoms with Crippen molar-refractivity contribution < 1.29 is 23.1 Å². The minimum Gasteiger partial charge on any atom is -0.482 e. The number of benzene rings is 2. The molecule has 0 unspecified atom stereocenters. The van der Waals surface area contributed by atoms with E-state index in [2.05, 4.69) is 10.2 Å². The number of carboxylic acids is 1. The molecule has 0 aliphatic carbocycles. The summed E-state index contributed by atoms with van der Waals surface area (Å²) < 4.78 is 32.4. The van der Waals surface area contributed by atoms with Crippen LogP contribution >= 0.6 is 11.6 Å². The Morgan fingerprint density at radius 3 is 2.48 bits per heavy atom. The predicted molar refractivity (Wildman–Crippen MR) is 107 cm³/mol. The van der Waals surface area contributed by atoms with Gasteiger partial charge in [-0.1, -0.05) is 11.6 Å². The van der Waals surface area contributed by atoms with E-state index in [1.807, 2.05) is 0 Å². The summed E-state index contributed by atoms with van der Waals surface area (Å²) in [7, 11) is -2.00. The molecule has 8 nitrogen and oxygen atoms in total. The van der Waals surface area contributed by atoms with Crippen molar-refractivity contribution in [3.63, 3.8) is 0 Å². The first kappa shape index (κ1) is 20.8. The summed E-state index contributed by atoms with van der Waals surface area (Å²) >= 11 is 5.90. The fourth-order valence-electron chi connectivity index (χ4n) is 2.71. The first-order valence-electron chi connectivity index (χ1n) is 8.49. The van der Waals surface area contributed by atoms with E-state index in [0.29, 0.717) is 28.0 Å². The number of aryl methyl sites for hydroxylation is 1. The van der Waals surface area contributed by atoms with Crippen LogP contribution in [0.15, 0.2) is 47.4 Å². The van der Waals surface area contributed by atoms with Crippen molar-refractivity contribution in [1.29, 1.82) is 0 Å². The van der Waals surface area contributed by atoms with Crippen molar-refractivity contribution in [3.05, 3.63) is 58.9 Å². The van der Waals surface area contributed by atoms with Crippen LogP contribution in [0.25, 0.3) is 11.4 Å². The van der Waals surface area contributed by atoms with Crippen LogP contribution < -0.4 is 4.74 Å². The summed E-state index contributed by atoms with van der Waals surface area (Å²) in [5, 5.41) is 17.4. The number of carboxylic acid groups (broad SMARTS) is 1. The number of ether oxygens (including phenoxy) is 1. The van der Waals surface area contributed by atoms with Crippen LogP contribution in [-0.2, 0) is 27.4 Å². The summed E-state index contributed by atoms with van der Waals surface area (Å²) in [6.45, 7) is 1.15. The molecule has 3 aromatic rings. The second-order valence-electron chi connectivity index (χ2n) is 6.37. The third kappa shape index (κ3) is 4.75. The maximum atomic E-state index is 12.8. The van der Waals surface area contributed by atoms with Crippen LogP contribution in [0.3, 0.4) is 0 Å². The number of aromatic nitrogens is 3. The van der Waals surface area contributed by atoms with Crippen molar-refractivity contribution in [3.8, 4) is 17.1 Å². The van der Waals surface area contributed by atoms with Gasteiger partial charge in [0.05, 0.1) is 4.90 Å². The van der Waals surface area contributed by atoms with Gasteiger partial charge in [-0.15, -0.1) is 10.2 Å². The topological polar surface area (TPSA) is 111 Å². The SMILES string of the molecule is Cc1cc(S(=O)(=O)Cc2nnc(-c3ccc(Cl)cc3)n2C)ccc1OCC(=O)O. The molecule has 0 radical (unpaired) electrons. The van der Waals surface area contributed by atoms with Crippen molar-refractivity contribution >= 4 is 27.4 Å². The molecule has 29 heavy (non-hydrogen) atoms. The van der Waals surface area contributed by atoms with E-state index in [-0.39, 0.29) is 10.6 Å². The van der Waals surface area contributed by atoms with Crippen LogP contribution in [0.1, 0.15) is 11.4 Å². The van der Waals surface area contributed by atoms with Gasteiger partial charge in [-0.2, -0.15) is 0 Å². The molecule has 152 valence electrons. The lowest BCUT2D eigenvalue weighted by atomic mass is 10.2. The van der Waals surface area contributed by atoms with Gasteiger partial charge in [0, 0.05) is 17.6 Å². The number of sulfone groups is 1. The largest absolute Gasteiger partial charge is 0.482 e. The monoisotopic (exact) mass is 435 g/mol. The minimum absolute atomic E-state index is 0.0914. The molecule has 0 amide bonds. The lowest BCUT2D eigenvalue weighted by molar-refractivity contribution is -0.139. The smallest absolute Gasteiger partial charge is 0.341 e. The molecule has 0 fully saturated rings. The summed E-state index contributed by atoms with van der Waals surface area (Å²) in [4.78, 5) is 10.7. The fraction of sp³-hybridized carbons (Fsp3) is 0.211. The van der Waals surface area contributed by atoms with Gasteiger partial charge >= 0.3 is 5.97 Å². The minimum atomic E-state index is -3.70. The Bertz CT molecular complexity index is 1160. The third-order valence-electron chi connectivity index (χ3n) is 4.24. The highest BCUT2D eigenvalue weighted by Crippen LogP contribution is 2.25. The molecule has 0 aliphatic rings. The Labute approximate surface area is 172 Å². The van der Waals surface area contributed by atoms with Gasteiger partial charge in [0.1, 0.15) is 17.3 Å². The summed E-state index contributed by atoms with van der Waals surface area (Å²) in [5.74, 6) is -0.312. The van der Waals surface area contributed by atoms with Crippen LogP contribution in [0.2, 0.25) is 5.02 Å². The van der Waals surface area contributed by atoms with Gasteiger partial charge < -0.3 is 14.4 Å². The zero-order chi connectivity index (χ0) is 21.2. The first-order chi connectivity index (χ1) is 13.7. The predicted octanol–water partition coefficient (Wildman–Crippen LogP) is 2.88. The zero-order valence-electron chi connectivity index (χ0n) is 15.7. The van der Waals surface area contributed by atoms with Crippen molar-refractivity contribution in [2.75, 3.05) is 6.61 Å². The zero-order valence-corrected chi connectivity index (χ0v) is 17.2. The number of rotatable bonds is 7. The lowest BCUT2D eigenvalue weighted by Crippen LogP contribution is -2.12. The summed E-state index contributed by atoms with van der Waals surface area (Å²) in [5.41, 5.74) is 1.29. The number of halogens is 1. The Balaban J connectivity index is 1.84. The van der Waals surface area contributed by atoms with Gasteiger partial charge in [0.25, 0.3) is 0 Å². The molecular formula is C19H18ClN3O5S. The molecule has 1 N–H and O–H groups in total. The maximum Gasteiger partial charge on any atom is 0.341 e. The van der Waals surface area contributed by atoms with Crippen molar-refractivity contribution in [2.45, 2.75) is 17.6 Å². The first-order valence-corrected chi connectivity index (χ1v) is 10.5. The standard InChI is InChI=1S/C19H18ClN3O5S/c1-12-9-15(7-8-16(12)28-10-18(24)25)29(26,27)11-17-21-22-19(23(17)2)13-3-5-14(20)6-4-13/h3-9H,10-11H2,1-2H3,(H,24,25). The highest BCUT2D eigenvalue weighted by molar-refractivity contribution is 7.90. The van der Waals surface area contributed by atoms with Crippen molar-refractivity contribution in [2.24, 2.45) is 7.05 Å². The maximum absolute atomic E-state index is 12.8. The van der Waals surface area contributed by atoms with E-state index < -0.39 is 22.4 Å². The molecule has 1 heterocycles. The van der Waals surface area contributed by atoms with Crippen LogP contribution in [0.5, 0.6) is 5.75 Å². The van der Waals surface area contributed by atoms with E-state index in [0.717, 1.165) is 5.56 Å². The molecule has 10 heteroatoms. The average molecular weight is 436 g/mol. The van der Waals surface area contributed by atoms with E-state index in [1.165, 1.54) is 18.2 Å². The fourth-order valence-corrected chi connectivity index (χ4v) is 4.22. The van der Waals surface area contributed by atoms with Gasteiger partial charge in [-0.25, -0.2) is 13.2 Å². The molecule has 2 aromatic carbocycles. The molecule has 0 bridgehead atoms. The number of hydrogen-bond acceptors (Lipinski definition) is 6. The number of carbonyl (C=O) groups is 1. The average Bonchev–Trinajstić information content (AvgIpc) is 3.01. The van der Waals surface area contributed by atoms with Gasteiger partial charge in [0.15, 0.2) is 22.3 Å². The molecule has 0 aliphatic heterocycles. The highest BCUT2D eigenvalue weighted by Gasteiger charge is 2.21. The van der Waals surface area contributed by atoms with Gasteiger partial charge in [-0.05, 0) is 55.0 Å². The summed E-state index contributed by atoms with van der Waals surface area (Å²) in [6, 6.07) is 11.3. The van der Waals surface area contributed by atoms with Crippen LogP contribution in [-0.4, -0.2) is 40.9 Å². The van der Waals surface area contributed by atoms with Crippen LogP contribution in [0.4, 0.5) is 0 Å². The molecule has 0 atom stereocenters. The Kier molecular flexibility index (Phi) is 5.90. The molecular weight excluding hydrogens is 418 g/mol. The Morgan fingerprint density at radius 2 is 1.86 bits per heavy atom. The van der Waals surface area contributed by atoms with Gasteiger partial charge in [0.2, 0.25) is 0 Å². The van der Waals surface area contributed by atoms with Crippen molar-refractivity contribution in [1.82, 2.24) is 14.8 Å². The third-order valence-corrected chi connectivity index (χ3v) is 6.11. The molecule has 0 saturated heterocycles. The highest BCUT2D eigenvalue weighted by atomic mass is 35.5. The number of hydrogen-bond donors (Lipinski definition) is 1. The molecule has 1 aromatic heterocycles. The normalized spacial score (nSPS) is 11.4. The summed E-state index contributed by atoms with van der Waals surface area (Å²) in [6.07, 6.45) is 0. The van der Waals surface area contributed by atoms with E-state index in [9.17, 15) is 13.2 Å². The molecule has 0 spiro atoms. The molecule has 0 saturated carbocycles.